The summed E-state index contributed by atoms with van der Waals surface area (Å²) < 4.78 is 13.4. The fraction of sp³-hybridized carbons (Fsp3) is 0. The van der Waals surface area contributed by atoms with Gasteiger partial charge in [0.1, 0.15) is 22.3 Å². The highest BCUT2D eigenvalue weighted by molar-refractivity contribution is 6.19. The zero-order valence-corrected chi connectivity index (χ0v) is 30.1. The van der Waals surface area contributed by atoms with Crippen LogP contribution in [0.15, 0.2) is 197 Å². The first-order valence-corrected chi connectivity index (χ1v) is 18.7. The van der Waals surface area contributed by atoms with Gasteiger partial charge in [-0.05, 0) is 46.5 Å². The third-order valence-electron chi connectivity index (χ3n) is 10.6. The number of nitrogens with zero attached hydrogens (tertiary/aromatic N) is 3. The number of furan rings is 2. The molecule has 8 aromatic carbocycles. The van der Waals surface area contributed by atoms with Crippen molar-refractivity contribution in [1.29, 1.82) is 0 Å². The molecule has 5 nitrogen and oxygen atoms in total. The molecular weight excluding hydrogens is 687 g/mol. The van der Waals surface area contributed by atoms with Crippen LogP contribution in [0.3, 0.4) is 0 Å². The maximum Gasteiger partial charge on any atom is 0.164 e. The molecule has 11 rings (SSSR count). The molecule has 0 saturated carbocycles. The molecule has 0 aliphatic carbocycles. The van der Waals surface area contributed by atoms with Crippen molar-refractivity contribution in [3.05, 3.63) is 188 Å². The average Bonchev–Trinajstić information content (AvgIpc) is 3.86. The Morgan fingerprint density at radius 3 is 1.54 bits per heavy atom. The van der Waals surface area contributed by atoms with E-state index in [1.165, 1.54) is 0 Å². The second kappa shape index (κ2) is 13.0. The number of para-hydroxylation sites is 2. The van der Waals surface area contributed by atoms with Gasteiger partial charge in [0.15, 0.2) is 17.5 Å². The molecule has 0 fully saturated rings. The third kappa shape index (κ3) is 5.37. The number of hydrogen-bond acceptors (Lipinski definition) is 5. The molecular formula is C51H31N3O2. The Bertz CT molecular complexity index is 3220. The molecule has 0 unspecified atom stereocenters. The van der Waals surface area contributed by atoms with E-state index in [1.54, 1.807) is 0 Å². The smallest absolute Gasteiger partial charge is 0.164 e. The summed E-state index contributed by atoms with van der Waals surface area (Å²) in [6.07, 6.45) is 0. The number of fused-ring (bicyclic) bond motifs is 6. The molecule has 5 heteroatoms. The van der Waals surface area contributed by atoms with Crippen LogP contribution < -0.4 is 0 Å². The Hall–Kier alpha value is -7.63. The van der Waals surface area contributed by atoms with Gasteiger partial charge in [0.2, 0.25) is 0 Å². The molecule has 56 heavy (non-hydrogen) atoms. The minimum Gasteiger partial charge on any atom is -0.455 e. The van der Waals surface area contributed by atoms with Gasteiger partial charge in [-0.15, -0.1) is 0 Å². The highest BCUT2D eigenvalue weighted by atomic mass is 16.3. The van der Waals surface area contributed by atoms with E-state index >= 15 is 0 Å². The molecule has 0 bridgehead atoms. The van der Waals surface area contributed by atoms with E-state index in [9.17, 15) is 0 Å². The minimum absolute atomic E-state index is 0.576. The summed E-state index contributed by atoms with van der Waals surface area (Å²) in [6.45, 7) is 0. The Kier molecular flexibility index (Phi) is 7.42. The zero-order chi connectivity index (χ0) is 37.0. The Morgan fingerprint density at radius 2 is 0.804 bits per heavy atom. The first kappa shape index (κ1) is 31.9. The SMILES string of the molecule is c1ccc(-c2ccc(-c3nc(-c4ccccc4)nc(-c4ccc5c(c4)oc4c(-c6ccc(-c7ccccc7)c7oc8ccccc8c67)cccc45)n3)cc2)cc1. The van der Waals surface area contributed by atoms with Crippen LogP contribution in [-0.2, 0) is 0 Å². The summed E-state index contributed by atoms with van der Waals surface area (Å²) in [5.41, 5.74) is 12.5. The molecule has 262 valence electrons. The number of benzene rings is 8. The van der Waals surface area contributed by atoms with E-state index in [1.807, 2.05) is 60.7 Å². The van der Waals surface area contributed by atoms with Crippen LogP contribution in [0.1, 0.15) is 0 Å². The molecule has 0 N–H and O–H groups in total. The second-order valence-corrected chi connectivity index (χ2v) is 13.9. The highest BCUT2D eigenvalue weighted by Gasteiger charge is 2.21. The predicted octanol–water partition coefficient (Wildman–Crippen LogP) is 13.7. The second-order valence-electron chi connectivity index (χ2n) is 13.9. The Balaban J connectivity index is 1.06. The lowest BCUT2D eigenvalue weighted by molar-refractivity contribution is 0.669. The molecule has 0 amide bonds. The van der Waals surface area contributed by atoms with E-state index in [0.29, 0.717) is 17.5 Å². The van der Waals surface area contributed by atoms with Gasteiger partial charge in [-0.3, -0.25) is 0 Å². The monoisotopic (exact) mass is 717 g/mol. The van der Waals surface area contributed by atoms with Gasteiger partial charge in [-0.2, -0.15) is 0 Å². The lowest BCUT2D eigenvalue weighted by Gasteiger charge is -2.09. The fourth-order valence-electron chi connectivity index (χ4n) is 7.84. The van der Waals surface area contributed by atoms with E-state index < -0.39 is 0 Å². The summed E-state index contributed by atoms with van der Waals surface area (Å²) in [4.78, 5) is 15.0. The maximum atomic E-state index is 6.84. The van der Waals surface area contributed by atoms with Crippen LogP contribution in [0.5, 0.6) is 0 Å². The summed E-state index contributed by atoms with van der Waals surface area (Å²) >= 11 is 0. The summed E-state index contributed by atoms with van der Waals surface area (Å²) in [5.74, 6) is 1.79. The maximum absolute atomic E-state index is 6.84. The van der Waals surface area contributed by atoms with E-state index in [2.05, 4.69) is 127 Å². The van der Waals surface area contributed by atoms with Gasteiger partial charge in [-0.25, -0.2) is 15.0 Å². The van der Waals surface area contributed by atoms with Crippen LogP contribution in [0.25, 0.3) is 111 Å². The molecule has 0 atom stereocenters. The minimum atomic E-state index is 0.576. The molecule has 0 aliphatic heterocycles. The highest BCUT2D eigenvalue weighted by Crippen LogP contribution is 2.45. The average molecular weight is 718 g/mol. The third-order valence-corrected chi connectivity index (χ3v) is 10.6. The van der Waals surface area contributed by atoms with Crippen molar-refractivity contribution in [2.24, 2.45) is 0 Å². The van der Waals surface area contributed by atoms with Gasteiger partial charge >= 0.3 is 0 Å². The van der Waals surface area contributed by atoms with Crippen LogP contribution in [0.2, 0.25) is 0 Å². The number of aromatic nitrogens is 3. The zero-order valence-electron chi connectivity index (χ0n) is 30.1. The summed E-state index contributed by atoms with van der Waals surface area (Å²) in [7, 11) is 0. The van der Waals surface area contributed by atoms with Crippen LogP contribution in [0, 0.1) is 0 Å². The van der Waals surface area contributed by atoms with Crippen molar-refractivity contribution in [3.63, 3.8) is 0 Å². The molecule has 3 aromatic heterocycles. The Labute approximate surface area is 322 Å². The molecule has 0 spiro atoms. The quantitative estimate of drug-likeness (QED) is 0.171. The van der Waals surface area contributed by atoms with Gasteiger partial charge in [0.25, 0.3) is 0 Å². The van der Waals surface area contributed by atoms with Crippen molar-refractivity contribution < 1.29 is 8.83 Å². The summed E-state index contributed by atoms with van der Waals surface area (Å²) in [6, 6.07) is 64.4. The van der Waals surface area contributed by atoms with Gasteiger partial charge < -0.3 is 8.83 Å². The fourth-order valence-corrected chi connectivity index (χ4v) is 7.84. The van der Waals surface area contributed by atoms with Gasteiger partial charge in [0, 0.05) is 49.4 Å². The van der Waals surface area contributed by atoms with Crippen LogP contribution in [0.4, 0.5) is 0 Å². The molecule has 3 heterocycles. The van der Waals surface area contributed by atoms with E-state index in [0.717, 1.165) is 93.9 Å². The van der Waals surface area contributed by atoms with Crippen molar-refractivity contribution in [2.75, 3.05) is 0 Å². The van der Waals surface area contributed by atoms with Crippen LogP contribution in [-0.4, -0.2) is 15.0 Å². The lowest BCUT2D eigenvalue weighted by Crippen LogP contribution is -2.00. The van der Waals surface area contributed by atoms with Crippen molar-refractivity contribution in [1.82, 2.24) is 15.0 Å². The van der Waals surface area contributed by atoms with E-state index in [4.69, 9.17) is 23.8 Å². The van der Waals surface area contributed by atoms with Crippen molar-refractivity contribution >= 4 is 43.9 Å². The summed E-state index contributed by atoms with van der Waals surface area (Å²) in [5, 5.41) is 4.20. The van der Waals surface area contributed by atoms with Gasteiger partial charge in [-0.1, -0.05) is 164 Å². The first-order chi connectivity index (χ1) is 27.7. The molecule has 0 radical (unpaired) electrons. The Morgan fingerprint density at radius 1 is 0.286 bits per heavy atom. The van der Waals surface area contributed by atoms with Gasteiger partial charge in [0.05, 0.1) is 0 Å². The topological polar surface area (TPSA) is 65.0 Å². The number of rotatable bonds is 6. The van der Waals surface area contributed by atoms with Crippen molar-refractivity contribution in [3.8, 4) is 67.5 Å². The standard InChI is InChI=1S/C51H31N3O2/c1-4-13-32(14-5-1)33-23-25-36(26-24-33)50-52-49(35-17-8-3-9-18-35)53-51(54-50)37-27-28-39-41-20-12-21-42(47(41)56-45(39)31-37)40-30-29-38(34-15-6-2-7-16-34)48-46(40)43-19-10-11-22-44(43)55-48/h1-31H. The van der Waals surface area contributed by atoms with Crippen molar-refractivity contribution in [2.45, 2.75) is 0 Å². The lowest BCUT2D eigenvalue weighted by atomic mass is 9.94. The van der Waals surface area contributed by atoms with Crippen LogP contribution >= 0.6 is 0 Å². The normalized spacial score (nSPS) is 11.6. The largest absolute Gasteiger partial charge is 0.455 e. The molecule has 0 aliphatic rings. The number of hydrogen-bond donors (Lipinski definition) is 0. The first-order valence-electron chi connectivity index (χ1n) is 18.7. The molecule has 0 saturated heterocycles. The molecule has 11 aromatic rings. The van der Waals surface area contributed by atoms with E-state index in [-0.39, 0.29) is 0 Å². The predicted molar refractivity (Wildman–Crippen MR) is 227 cm³/mol.